The van der Waals surface area contributed by atoms with Gasteiger partial charge in [0.1, 0.15) is 6.04 Å². The number of pyridine rings is 1. The summed E-state index contributed by atoms with van der Waals surface area (Å²) >= 11 is 7.35. The maximum absolute atomic E-state index is 13.7. The molecule has 0 spiro atoms. The average Bonchev–Trinajstić information content (AvgIpc) is 3.33. The van der Waals surface area contributed by atoms with Crippen molar-refractivity contribution in [1.29, 1.82) is 0 Å². The quantitative estimate of drug-likeness (QED) is 0.381. The number of nitrogens with one attached hydrogen (secondary N) is 2. The van der Waals surface area contributed by atoms with Crippen LogP contribution in [-0.2, 0) is 17.8 Å². The standard InChI is InChI=1S/C26H21ClN6O3S/c1-15-12-29-26(30-13-15)32-24(35)22-8-6-18(37-22)14-33-21(11-17-4-2-3-9-28-17)23(34)31-20-10-16(27)5-7-19(20)25(33)36/h2-10,12-13,21H,11,14H2,1H3,(H,31,34)(H,29,30,32,35). The van der Waals surface area contributed by atoms with E-state index in [-0.39, 0.29) is 36.6 Å². The molecule has 3 aromatic heterocycles. The van der Waals surface area contributed by atoms with Crippen molar-refractivity contribution in [2.45, 2.75) is 25.9 Å². The van der Waals surface area contributed by atoms with E-state index in [1.807, 2.05) is 19.1 Å². The zero-order chi connectivity index (χ0) is 25.9. The number of nitrogens with zero attached hydrogens (tertiary/aromatic N) is 4. The number of thiophene rings is 1. The highest BCUT2D eigenvalue weighted by atomic mass is 35.5. The number of rotatable bonds is 6. The van der Waals surface area contributed by atoms with Crippen LogP contribution < -0.4 is 10.6 Å². The van der Waals surface area contributed by atoms with Crippen LogP contribution in [0.3, 0.4) is 0 Å². The Bertz CT molecular complexity index is 1480. The Hall–Kier alpha value is -4.15. The van der Waals surface area contributed by atoms with Crippen LogP contribution in [0.25, 0.3) is 0 Å². The second-order valence-electron chi connectivity index (χ2n) is 8.46. The summed E-state index contributed by atoms with van der Waals surface area (Å²) in [5.41, 5.74) is 2.26. The van der Waals surface area contributed by atoms with E-state index in [9.17, 15) is 14.4 Å². The highest BCUT2D eigenvalue weighted by Crippen LogP contribution is 2.30. The van der Waals surface area contributed by atoms with E-state index in [1.54, 1.807) is 55.0 Å². The molecule has 0 saturated carbocycles. The number of halogens is 1. The van der Waals surface area contributed by atoms with Gasteiger partial charge in [-0.2, -0.15) is 0 Å². The SMILES string of the molecule is Cc1cnc(NC(=O)c2ccc(CN3C(=O)c4ccc(Cl)cc4NC(=O)C3Cc3ccccn3)s2)nc1. The van der Waals surface area contributed by atoms with Gasteiger partial charge in [-0.3, -0.25) is 24.7 Å². The van der Waals surface area contributed by atoms with Gasteiger partial charge in [0.25, 0.3) is 11.8 Å². The lowest BCUT2D eigenvalue weighted by molar-refractivity contribution is -0.120. The maximum Gasteiger partial charge on any atom is 0.268 e. The van der Waals surface area contributed by atoms with Gasteiger partial charge < -0.3 is 10.2 Å². The predicted octanol–water partition coefficient (Wildman–Crippen LogP) is 4.35. The van der Waals surface area contributed by atoms with Crippen LogP contribution in [0.15, 0.2) is 67.1 Å². The number of carbonyl (C=O) groups is 3. The highest BCUT2D eigenvalue weighted by molar-refractivity contribution is 7.14. The maximum atomic E-state index is 13.7. The third kappa shape index (κ3) is 5.50. The molecule has 0 fully saturated rings. The molecule has 0 radical (unpaired) electrons. The van der Waals surface area contributed by atoms with Gasteiger partial charge in [0.05, 0.1) is 22.7 Å². The molecule has 37 heavy (non-hydrogen) atoms. The first-order chi connectivity index (χ1) is 17.9. The summed E-state index contributed by atoms with van der Waals surface area (Å²) in [5, 5.41) is 5.93. The summed E-state index contributed by atoms with van der Waals surface area (Å²) in [4.78, 5) is 55.0. The van der Waals surface area contributed by atoms with E-state index in [1.165, 1.54) is 16.2 Å². The molecule has 1 atom stereocenters. The Morgan fingerprint density at radius 1 is 1.11 bits per heavy atom. The summed E-state index contributed by atoms with van der Waals surface area (Å²) in [5.74, 6) is -0.815. The van der Waals surface area contributed by atoms with Gasteiger partial charge in [-0.05, 0) is 55.0 Å². The van der Waals surface area contributed by atoms with Crippen LogP contribution in [0, 0.1) is 6.92 Å². The lowest BCUT2D eigenvalue weighted by Gasteiger charge is -2.28. The average molecular weight is 533 g/mol. The van der Waals surface area contributed by atoms with Crippen molar-refractivity contribution in [2.24, 2.45) is 0 Å². The normalized spacial score (nSPS) is 15.1. The van der Waals surface area contributed by atoms with Crippen molar-refractivity contribution in [3.63, 3.8) is 0 Å². The van der Waals surface area contributed by atoms with Crippen LogP contribution in [0.5, 0.6) is 0 Å². The zero-order valence-corrected chi connectivity index (χ0v) is 21.2. The molecule has 3 amide bonds. The first-order valence-corrected chi connectivity index (χ1v) is 12.6. The summed E-state index contributed by atoms with van der Waals surface area (Å²) in [7, 11) is 0. The topological polar surface area (TPSA) is 117 Å². The molecule has 1 aromatic carbocycles. The van der Waals surface area contributed by atoms with Gasteiger partial charge in [-0.1, -0.05) is 17.7 Å². The second-order valence-corrected chi connectivity index (χ2v) is 10.1. The Kier molecular flexibility index (Phi) is 6.93. The van der Waals surface area contributed by atoms with Crippen molar-refractivity contribution in [3.8, 4) is 0 Å². The molecule has 5 rings (SSSR count). The molecule has 9 nitrogen and oxygen atoms in total. The van der Waals surface area contributed by atoms with Crippen LogP contribution in [0.4, 0.5) is 11.6 Å². The van der Waals surface area contributed by atoms with Gasteiger partial charge in [0.15, 0.2) is 0 Å². The Labute approximate surface area is 221 Å². The fourth-order valence-corrected chi connectivity index (χ4v) is 5.01. The van der Waals surface area contributed by atoms with E-state index in [4.69, 9.17) is 11.6 Å². The molecule has 4 heterocycles. The van der Waals surface area contributed by atoms with E-state index in [0.717, 1.165) is 10.4 Å². The number of hydrogen-bond donors (Lipinski definition) is 2. The molecular weight excluding hydrogens is 512 g/mol. The zero-order valence-electron chi connectivity index (χ0n) is 19.6. The van der Waals surface area contributed by atoms with Crippen LogP contribution in [0.1, 0.15) is 36.2 Å². The number of anilines is 2. The molecule has 2 N–H and O–H groups in total. The van der Waals surface area contributed by atoms with Crippen molar-refractivity contribution in [2.75, 3.05) is 10.6 Å². The molecule has 0 aliphatic carbocycles. The second kappa shape index (κ2) is 10.5. The Morgan fingerprint density at radius 3 is 2.68 bits per heavy atom. The first-order valence-electron chi connectivity index (χ1n) is 11.4. The number of fused-ring (bicyclic) bond motifs is 1. The molecule has 4 aromatic rings. The number of amides is 3. The van der Waals surface area contributed by atoms with Crippen molar-refractivity contribution < 1.29 is 14.4 Å². The lowest BCUT2D eigenvalue weighted by atomic mass is 10.1. The fraction of sp³-hybridized carbons (Fsp3) is 0.154. The Balaban J connectivity index is 1.42. The number of carbonyl (C=O) groups excluding carboxylic acids is 3. The molecule has 11 heteroatoms. The monoisotopic (exact) mass is 532 g/mol. The summed E-state index contributed by atoms with van der Waals surface area (Å²) in [6.45, 7) is 1.99. The number of hydrogen-bond acceptors (Lipinski definition) is 7. The van der Waals surface area contributed by atoms with E-state index >= 15 is 0 Å². The molecule has 1 aliphatic heterocycles. The smallest absolute Gasteiger partial charge is 0.268 e. The van der Waals surface area contributed by atoms with Gasteiger partial charge in [-0.25, -0.2) is 9.97 Å². The number of aryl methyl sites for hydroxylation is 1. The minimum atomic E-state index is -0.825. The number of aromatic nitrogens is 3. The molecule has 186 valence electrons. The molecule has 1 aliphatic rings. The molecule has 0 bridgehead atoms. The third-order valence-electron chi connectivity index (χ3n) is 5.76. The van der Waals surface area contributed by atoms with Gasteiger partial charge in [-0.15, -0.1) is 11.3 Å². The van der Waals surface area contributed by atoms with E-state index in [0.29, 0.717) is 26.8 Å². The van der Waals surface area contributed by atoms with E-state index in [2.05, 4.69) is 25.6 Å². The largest absolute Gasteiger partial charge is 0.323 e. The molecule has 0 saturated heterocycles. The van der Waals surface area contributed by atoms with Crippen molar-refractivity contribution >= 4 is 52.3 Å². The van der Waals surface area contributed by atoms with Crippen LogP contribution >= 0.6 is 22.9 Å². The highest BCUT2D eigenvalue weighted by Gasteiger charge is 2.36. The van der Waals surface area contributed by atoms with Gasteiger partial charge in [0.2, 0.25) is 11.9 Å². The fourth-order valence-electron chi connectivity index (χ4n) is 3.94. The van der Waals surface area contributed by atoms with E-state index < -0.39 is 6.04 Å². The Morgan fingerprint density at radius 2 is 1.92 bits per heavy atom. The number of benzene rings is 1. The van der Waals surface area contributed by atoms with Crippen molar-refractivity contribution in [1.82, 2.24) is 19.9 Å². The van der Waals surface area contributed by atoms with Crippen LogP contribution in [-0.4, -0.2) is 43.6 Å². The summed E-state index contributed by atoms with van der Waals surface area (Å²) < 4.78 is 0. The lowest BCUT2D eigenvalue weighted by Crippen LogP contribution is -2.46. The third-order valence-corrected chi connectivity index (χ3v) is 7.06. The molecular formula is C26H21ClN6O3S. The van der Waals surface area contributed by atoms with Gasteiger partial charge in [0, 0.05) is 40.6 Å². The predicted molar refractivity (Wildman–Crippen MR) is 141 cm³/mol. The minimum absolute atomic E-state index is 0.130. The summed E-state index contributed by atoms with van der Waals surface area (Å²) in [6.07, 6.45) is 5.10. The van der Waals surface area contributed by atoms with Gasteiger partial charge >= 0.3 is 0 Å². The molecule has 1 unspecified atom stereocenters. The first kappa shape index (κ1) is 24.5. The van der Waals surface area contributed by atoms with Crippen LogP contribution in [0.2, 0.25) is 5.02 Å². The minimum Gasteiger partial charge on any atom is -0.323 e. The summed E-state index contributed by atoms with van der Waals surface area (Å²) in [6, 6.07) is 12.8. The van der Waals surface area contributed by atoms with Crippen molar-refractivity contribution in [3.05, 3.63) is 98.7 Å².